The molecule has 0 spiro atoms. The minimum Gasteiger partial charge on any atom is -0.462 e. The molecule has 0 aromatic rings. The number of phosphoric ester groups is 2. The number of hydrogen-bond acceptors (Lipinski definition) is 15. The van der Waals surface area contributed by atoms with Crippen LogP contribution in [-0.4, -0.2) is 96.7 Å². The van der Waals surface area contributed by atoms with Crippen molar-refractivity contribution < 1.29 is 80.2 Å². The first-order chi connectivity index (χ1) is 46.0. The standard InChI is InChI=1S/C76H148O17P2/c1-6-9-12-15-17-19-21-23-25-27-29-30-32-34-36-38-40-42-46-51-56-61-75(80)93-72(66-87-74(79)60-55-50-45-41-39-37-35-33-31-28-26-24-22-20-18-16-13-10-7-2)68-91-95(84,85)89-64-70(77)63-88-94(82,83)90-67-71(65-86-73(78)59-54-48-14-11-8-3)92-76(81)62-57-52-47-43-44-49-53-58-69(4)5/h69-72,77H,6-68H2,1-5H3,(H,82,83)(H,84,85)/t70-,71+,72+/m0/s1. The predicted octanol–water partition coefficient (Wildman–Crippen LogP) is 22.5. The lowest BCUT2D eigenvalue weighted by molar-refractivity contribution is -0.161. The molecule has 0 amide bonds. The van der Waals surface area contributed by atoms with Crippen LogP contribution in [-0.2, 0) is 65.4 Å². The van der Waals surface area contributed by atoms with Crippen molar-refractivity contribution in [3.05, 3.63) is 0 Å². The van der Waals surface area contributed by atoms with E-state index in [4.69, 9.17) is 37.0 Å². The molecule has 0 aromatic carbocycles. The van der Waals surface area contributed by atoms with Crippen molar-refractivity contribution in [2.45, 2.75) is 419 Å². The molecule has 0 saturated carbocycles. The second-order valence-corrected chi connectivity index (χ2v) is 30.8. The van der Waals surface area contributed by atoms with E-state index in [1.165, 1.54) is 218 Å². The number of unbranched alkanes of at least 4 members (excludes halogenated alkanes) is 48. The van der Waals surface area contributed by atoms with E-state index >= 15 is 0 Å². The Morgan fingerprint density at radius 3 is 0.716 bits per heavy atom. The third-order valence-electron chi connectivity index (χ3n) is 17.8. The van der Waals surface area contributed by atoms with E-state index in [2.05, 4.69) is 34.6 Å². The van der Waals surface area contributed by atoms with Gasteiger partial charge in [0.1, 0.15) is 19.3 Å². The fourth-order valence-electron chi connectivity index (χ4n) is 11.7. The quantitative estimate of drug-likeness (QED) is 0.0222. The van der Waals surface area contributed by atoms with Crippen molar-refractivity contribution in [2.24, 2.45) is 5.92 Å². The molecule has 0 heterocycles. The minimum atomic E-state index is -4.95. The van der Waals surface area contributed by atoms with Crippen molar-refractivity contribution in [1.82, 2.24) is 0 Å². The SMILES string of the molecule is CCCCCCCCCCCCCCCCCCCCCCCC(=O)O[C@H](COC(=O)CCCCCCCCCCCCCCCCCCCCC)COP(=O)(O)OC[C@@H](O)COP(=O)(O)OC[C@@H](COC(=O)CCCCCCC)OC(=O)CCCCCCCCCC(C)C. The third-order valence-corrected chi connectivity index (χ3v) is 19.7. The maximum absolute atomic E-state index is 13.1. The summed E-state index contributed by atoms with van der Waals surface area (Å²) in [6.07, 6.45) is 59.1. The molecule has 2 unspecified atom stereocenters. The van der Waals surface area contributed by atoms with Gasteiger partial charge in [-0.15, -0.1) is 0 Å². The summed E-state index contributed by atoms with van der Waals surface area (Å²) in [5.41, 5.74) is 0. The fourth-order valence-corrected chi connectivity index (χ4v) is 13.3. The summed E-state index contributed by atoms with van der Waals surface area (Å²) in [5, 5.41) is 10.6. The van der Waals surface area contributed by atoms with Gasteiger partial charge in [-0.1, -0.05) is 349 Å². The zero-order valence-corrected chi connectivity index (χ0v) is 63.6. The number of aliphatic hydroxyl groups excluding tert-OH is 1. The van der Waals surface area contributed by atoms with Gasteiger partial charge in [-0.3, -0.25) is 37.3 Å². The van der Waals surface area contributed by atoms with Gasteiger partial charge in [0.2, 0.25) is 0 Å². The molecule has 0 radical (unpaired) electrons. The summed E-state index contributed by atoms with van der Waals surface area (Å²) < 4.78 is 68.2. The number of hydrogen-bond donors (Lipinski definition) is 3. The van der Waals surface area contributed by atoms with Crippen LogP contribution in [0.1, 0.15) is 401 Å². The maximum Gasteiger partial charge on any atom is 0.472 e. The van der Waals surface area contributed by atoms with Crippen molar-refractivity contribution >= 4 is 39.5 Å². The predicted molar refractivity (Wildman–Crippen MR) is 386 cm³/mol. The van der Waals surface area contributed by atoms with Gasteiger partial charge in [-0.25, -0.2) is 9.13 Å². The first-order valence-electron chi connectivity index (χ1n) is 39.6. The van der Waals surface area contributed by atoms with Crippen molar-refractivity contribution in [3.8, 4) is 0 Å². The van der Waals surface area contributed by atoms with Gasteiger partial charge in [0.05, 0.1) is 26.4 Å². The van der Waals surface area contributed by atoms with Gasteiger partial charge in [-0.2, -0.15) is 0 Å². The molecular formula is C76H148O17P2. The van der Waals surface area contributed by atoms with Gasteiger partial charge >= 0.3 is 39.5 Å². The largest absolute Gasteiger partial charge is 0.472 e. The van der Waals surface area contributed by atoms with Crippen molar-refractivity contribution in [2.75, 3.05) is 39.6 Å². The second-order valence-electron chi connectivity index (χ2n) is 27.9. The summed E-state index contributed by atoms with van der Waals surface area (Å²) in [5.74, 6) is -1.43. The van der Waals surface area contributed by atoms with Crippen LogP contribution in [0.25, 0.3) is 0 Å². The molecular weight excluding hydrogens is 1250 g/mol. The highest BCUT2D eigenvalue weighted by atomic mass is 31.2. The molecule has 0 aliphatic rings. The van der Waals surface area contributed by atoms with Crippen LogP contribution in [0.3, 0.4) is 0 Å². The molecule has 0 aliphatic heterocycles. The van der Waals surface area contributed by atoms with Gasteiger partial charge in [0.25, 0.3) is 0 Å². The first kappa shape index (κ1) is 93.1. The molecule has 3 N–H and O–H groups in total. The number of rotatable bonds is 76. The van der Waals surface area contributed by atoms with E-state index in [1.807, 2.05) is 0 Å². The van der Waals surface area contributed by atoms with Crippen LogP contribution in [0.15, 0.2) is 0 Å². The molecule has 0 fully saturated rings. The number of phosphoric acid groups is 2. The summed E-state index contributed by atoms with van der Waals surface area (Å²) >= 11 is 0. The fraction of sp³-hybridized carbons (Fsp3) is 0.947. The summed E-state index contributed by atoms with van der Waals surface area (Å²) in [6, 6.07) is 0. The number of esters is 4. The third kappa shape index (κ3) is 70.3. The Labute approximate surface area is 581 Å². The topological polar surface area (TPSA) is 237 Å². The Kier molecular flexibility index (Phi) is 67.7. The van der Waals surface area contributed by atoms with E-state index in [0.29, 0.717) is 31.6 Å². The van der Waals surface area contributed by atoms with Crippen LogP contribution < -0.4 is 0 Å². The molecule has 17 nitrogen and oxygen atoms in total. The highest BCUT2D eigenvalue weighted by molar-refractivity contribution is 7.47. The lowest BCUT2D eigenvalue weighted by atomic mass is 10.0. The molecule has 0 saturated heterocycles. The van der Waals surface area contributed by atoms with Crippen molar-refractivity contribution in [3.63, 3.8) is 0 Å². The van der Waals surface area contributed by atoms with E-state index in [-0.39, 0.29) is 25.7 Å². The molecule has 19 heteroatoms. The van der Waals surface area contributed by atoms with Crippen LogP contribution in [0, 0.1) is 5.92 Å². The first-order valence-corrected chi connectivity index (χ1v) is 42.6. The number of ether oxygens (including phenoxy) is 4. The van der Waals surface area contributed by atoms with E-state index in [9.17, 15) is 43.2 Å². The normalized spacial score (nSPS) is 13.9. The minimum absolute atomic E-state index is 0.103. The number of carbonyl (C=O) groups excluding carboxylic acids is 4. The zero-order valence-electron chi connectivity index (χ0n) is 61.8. The summed E-state index contributed by atoms with van der Waals surface area (Å²) in [7, 11) is -9.90. The van der Waals surface area contributed by atoms with Gasteiger partial charge in [0.15, 0.2) is 12.2 Å². The van der Waals surface area contributed by atoms with Gasteiger partial charge in [-0.05, 0) is 31.6 Å². The van der Waals surface area contributed by atoms with Crippen LogP contribution in [0.4, 0.5) is 0 Å². The van der Waals surface area contributed by atoms with E-state index in [0.717, 1.165) is 96.3 Å². The maximum atomic E-state index is 13.1. The smallest absolute Gasteiger partial charge is 0.462 e. The van der Waals surface area contributed by atoms with Crippen LogP contribution in [0.2, 0.25) is 0 Å². The monoisotopic (exact) mass is 1400 g/mol. The average molecular weight is 1400 g/mol. The van der Waals surface area contributed by atoms with E-state index < -0.39 is 97.5 Å². The molecule has 564 valence electrons. The number of carbonyl (C=O) groups is 4. The lowest BCUT2D eigenvalue weighted by Gasteiger charge is -2.21. The molecule has 0 aliphatic carbocycles. The molecule has 0 aromatic heterocycles. The van der Waals surface area contributed by atoms with Gasteiger partial charge < -0.3 is 33.8 Å². The second kappa shape index (κ2) is 69.2. The molecule has 95 heavy (non-hydrogen) atoms. The Balaban J connectivity index is 5.10. The van der Waals surface area contributed by atoms with Crippen LogP contribution in [0.5, 0.6) is 0 Å². The highest BCUT2D eigenvalue weighted by Gasteiger charge is 2.30. The number of aliphatic hydroxyl groups is 1. The van der Waals surface area contributed by atoms with E-state index in [1.54, 1.807) is 0 Å². The Bertz CT molecular complexity index is 1820. The summed E-state index contributed by atoms with van der Waals surface area (Å²) in [4.78, 5) is 72.4. The average Bonchev–Trinajstić information content (AvgIpc) is 1.50. The molecule has 0 bridgehead atoms. The van der Waals surface area contributed by atoms with Gasteiger partial charge in [0, 0.05) is 25.7 Å². The Morgan fingerprint density at radius 1 is 0.284 bits per heavy atom. The Hall–Kier alpha value is -1.94. The lowest BCUT2D eigenvalue weighted by Crippen LogP contribution is -2.30. The summed E-state index contributed by atoms with van der Waals surface area (Å²) in [6.45, 7) is 7.13. The Morgan fingerprint density at radius 2 is 0.484 bits per heavy atom. The molecule has 5 atom stereocenters. The highest BCUT2D eigenvalue weighted by Crippen LogP contribution is 2.45. The van der Waals surface area contributed by atoms with Crippen LogP contribution >= 0.6 is 15.6 Å². The molecule has 0 rings (SSSR count). The van der Waals surface area contributed by atoms with Crippen molar-refractivity contribution in [1.29, 1.82) is 0 Å². The zero-order chi connectivity index (χ0) is 69.8.